The van der Waals surface area contributed by atoms with Gasteiger partial charge in [0.2, 0.25) is 0 Å². The van der Waals surface area contributed by atoms with Crippen molar-refractivity contribution in [2.45, 2.75) is 12.0 Å². The predicted molar refractivity (Wildman–Crippen MR) is 105 cm³/mol. The third-order valence-corrected chi connectivity index (χ3v) is 5.32. The molecule has 6 nitrogen and oxygen atoms in total. The lowest BCUT2D eigenvalue weighted by Gasteiger charge is -2.16. The number of hydrogen-bond acceptors (Lipinski definition) is 4. The number of rotatable bonds is 4. The summed E-state index contributed by atoms with van der Waals surface area (Å²) in [7, 11) is 0. The molecule has 1 aromatic heterocycles. The minimum atomic E-state index is -0.616. The Morgan fingerprint density at radius 3 is 2.68 bits per heavy atom. The Labute approximate surface area is 175 Å². The molecule has 1 aliphatic heterocycles. The normalized spacial score (nSPS) is 20.7. The van der Waals surface area contributed by atoms with Crippen LogP contribution in [0.15, 0.2) is 54.7 Å². The molecule has 0 unspecified atom stereocenters. The maximum absolute atomic E-state index is 14.2. The molecule has 1 fully saturated rings. The van der Waals surface area contributed by atoms with E-state index >= 15 is 0 Å². The van der Waals surface area contributed by atoms with Crippen LogP contribution in [0.3, 0.4) is 0 Å². The summed E-state index contributed by atoms with van der Waals surface area (Å²) in [6, 6.07) is 9.98. The molecule has 0 radical (unpaired) electrons. The van der Waals surface area contributed by atoms with Gasteiger partial charge in [-0.25, -0.2) is 22.9 Å². The SMILES string of the molecule is O=C(Nc1ccc(Oc2cccc(F)c2)cn1)N[C@@H]1[C@H]2COc3c(F)ccc(F)c3[C@@H]21. The fourth-order valence-corrected chi connectivity index (χ4v) is 3.84. The first-order valence-corrected chi connectivity index (χ1v) is 9.57. The van der Waals surface area contributed by atoms with Gasteiger partial charge in [-0.1, -0.05) is 6.07 Å². The highest BCUT2D eigenvalue weighted by molar-refractivity contribution is 5.89. The number of nitrogens with zero attached hydrogens (tertiary/aromatic N) is 1. The summed E-state index contributed by atoms with van der Waals surface area (Å²) in [5, 5.41) is 5.35. The van der Waals surface area contributed by atoms with E-state index in [1.165, 1.54) is 30.5 Å². The number of carbonyl (C=O) groups is 1. The van der Waals surface area contributed by atoms with Crippen molar-refractivity contribution in [1.82, 2.24) is 10.3 Å². The van der Waals surface area contributed by atoms with E-state index in [0.29, 0.717) is 11.5 Å². The zero-order chi connectivity index (χ0) is 21.5. The Morgan fingerprint density at radius 2 is 1.90 bits per heavy atom. The zero-order valence-corrected chi connectivity index (χ0v) is 15.9. The van der Waals surface area contributed by atoms with E-state index in [1.54, 1.807) is 12.1 Å². The Bertz CT molecular complexity index is 1160. The highest BCUT2D eigenvalue weighted by Gasteiger charge is 2.57. The smallest absolute Gasteiger partial charge is 0.320 e. The number of hydrogen-bond donors (Lipinski definition) is 2. The molecular weight excluding hydrogens is 411 g/mol. The molecule has 0 spiro atoms. The number of nitrogens with one attached hydrogen (secondary N) is 2. The predicted octanol–water partition coefficient (Wildman–Crippen LogP) is 4.59. The van der Waals surface area contributed by atoms with Crippen molar-refractivity contribution >= 4 is 11.8 Å². The molecule has 3 aromatic rings. The largest absolute Gasteiger partial charge is 0.490 e. The maximum Gasteiger partial charge on any atom is 0.320 e. The van der Waals surface area contributed by atoms with Gasteiger partial charge < -0.3 is 14.8 Å². The molecule has 2 amide bonds. The van der Waals surface area contributed by atoms with Gasteiger partial charge in [-0.15, -0.1) is 0 Å². The Balaban J connectivity index is 1.20. The highest BCUT2D eigenvalue weighted by atomic mass is 19.1. The van der Waals surface area contributed by atoms with Gasteiger partial charge in [-0.05, 0) is 36.4 Å². The van der Waals surface area contributed by atoms with Crippen molar-refractivity contribution in [1.29, 1.82) is 0 Å². The summed E-state index contributed by atoms with van der Waals surface area (Å²) < 4.78 is 52.1. The molecule has 31 heavy (non-hydrogen) atoms. The van der Waals surface area contributed by atoms with E-state index in [9.17, 15) is 18.0 Å². The third-order valence-electron chi connectivity index (χ3n) is 5.32. The summed E-state index contributed by atoms with van der Waals surface area (Å²) in [4.78, 5) is 16.4. The van der Waals surface area contributed by atoms with E-state index < -0.39 is 23.5 Å². The van der Waals surface area contributed by atoms with Crippen LogP contribution in [0, 0.1) is 23.4 Å². The van der Waals surface area contributed by atoms with E-state index in [1.807, 2.05) is 0 Å². The first kappa shape index (κ1) is 19.2. The lowest BCUT2D eigenvalue weighted by Crippen LogP contribution is -2.32. The van der Waals surface area contributed by atoms with E-state index in [2.05, 4.69) is 15.6 Å². The molecule has 2 aliphatic rings. The quantitative estimate of drug-likeness (QED) is 0.639. The lowest BCUT2D eigenvalue weighted by atomic mass is 10.0. The number of fused-ring (bicyclic) bond motifs is 3. The monoisotopic (exact) mass is 427 g/mol. The maximum atomic E-state index is 14.2. The second-order valence-corrected chi connectivity index (χ2v) is 7.34. The van der Waals surface area contributed by atoms with Gasteiger partial charge in [0, 0.05) is 29.5 Å². The summed E-state index contributed by atoms with van der Waals surface area (Å²) in [5.41, 5.74) is 0.165. The summed E-state index contributed by atoms with van der Waals surface area (Å²) in [6.07, 6.45) is 1.39. The van der Waals surface area contributed by atoms with Gasteiger partial charge >= 0.3 is 6.03 Å². The molecule has 0 bridgehead atoms. The minimum Gasteiger partial charge on any atom is -0.490 e. The number of urea groups is 1. The van der Waals surface area contributed by atoms with Crippen molar-refractivity contribution in [2.24, 2.45) is 5.92 Å². The average molecular weight is 427 g/mol. The van der Waals surface area contributed by atoms with Gasteiger partial charge in [0.25, 0.3) is 0 Å². The molecule has 3 atom stereocenters. The van der Waals surface area contributed by atoms with E-state index in [-0.39, 0.29) is 41.6 Å². The van der Waals surface area contributed by atoms with Crippen LogP contribution in [-0.4, -0.2) is 23.7 Å². The summed E-state index contributed by atoms with van der Waals surface area (Å²) in [6.45, 7) is 0.202. The summed E-state index contributed by atoms with van der Waals surface area (Å²) >= 11 is 0. The van der Waals surface area contributed by atoms with Gasteiger partial charge in [-0.2, -0.15) is 0 Å². The molecule has 5 rings (SSSR count). The van der Waals surface area contributed by atoms with Crippen molar-refractivity contribution in [3.05, 3.63) is 77.7 Å². The molecule has 2 heterocycles. The number of carbonyl (C=O) groups excluding carboxylic acids is 1. The molecule has 9 heteroatoms. The van der Waals surface area contributed by atoms with Crippen LogP contribution in [-0.2, 0) is 0 Å². The molecule has 1 saturated carbocycles. The lowest BCUT2D eigenvalue weighted by molar-refractivity contribution is 0.247. The van der Waals surface area contributed by atoms with Crippen molar-refractivity contribution < 1.29 is 27.4 Å². The zero-order valence-electron chi connectivity index (χ0n) is 15.9. The number of amides is 2. The molecular formula is C22H16F3N3O3. The van der Waals surface area contributed by atoms with Gasteiger partial charge in [0.1, 0.15) is 29.0 Å². The van der Waals surface area contributed by atoms with Crippen LogP contribution >= 0.6 is 0 Å². The molecule has 2 aromatic carbocycles. The second-order valence-electron chi connectivity index (χ2n) is 7.34. The second kappa shape index (κ2) is 7.50. The number of halogens is 3. The fraction of sp³-hybridized carbons (Fsp3) is 0.182. The first-order valence-electron chi connectivity index (χ1n) is 9.57. The van der Waals surface area contributed by atoms with Gasteiger partial charge in [0.15, 0.2) is 11.6 Å². The first-order chi connectivity index (χ1) is 15.0. The number of ether oxygens (including phenoxy) is 2. The minimum absolute atomic E-state index is 0.0819. The summed E-state index contributed by atoms with van der Waals surface area (Å²) in [5.74, 6) is -1.16. The van der Waals surface area contributed by atoms with Crippen molar-refractivity contribution in [3.63, 3.8) is 0 Å². The Hall–Kier alpha value is -3.75. The van der Waals surface area contributed by atoms with Crippen LogP contribution in [0.4, 0.5) is 23.8 Å². The van der Waals surface area contributed by atoms with Crippen LogP contribution in [0.1, 0.15) is 11.5 Å². The molecule has 1 aliphatic carbocycles. The number of benzene rings is 2. The number of anilines is 1. The average Bonchev–Trinajstić information content (AvgIpc) is 3.44. The number of aromatic nitrogens is 1. The molecule has 0 saturated heterocycles. The Morgan fingerprint density at radius 1 is 1.06 bits per heavy atom. The van der Waals surface area contributed by atoms with Crippen molar-refractivity contribution in [2.75, 3.05) is 11.9 Å². The molecule has 158 valence electrons. The van der Waals surface area contributed by atoms with Crippen LogP contribution in [0.25, 0.3) is 0 Å². The standard InChI is InChI=1S/C22H16F3N3O3/c23-11-2-1-3-12(8-11)31-13-4-7-17(26-9-13)27-22(29)28-20-14-10-30-21-16(25)6-5-15(24)19(21)18(14)20/h1-9,14,18,20H,10H2,(H2,26,27,28,29)/t14-,18+,20+/m0/s1. The van der Waals surface area contributed by atoms with Gasteiger partial charge in [0.05, 0.1) is 12.8 Å². The number of pyridine rings is 1. The van der Waals surface area contributed by atoms with Crippen LogP contribution in [0.5, 0.6) is 17.2 Å². The van der Waals surface area contributed by atoms with Crippen LogP contribution < -0.4 is 20.1 Å². The highest BCUT2D eigenvalue weighted by Crippen LogP contribution is 2.55. The Kier molecular flexibility index (Phi) is 4.65. The topological polar surface area (TPSA) is 72.5 Å². The fourth-order valence-electron chi connectivity index (χ4n) is 3.84. The van der Waals surface area contributed by atoms with Crippen LogP contribution in [0.2, 0.25) is 0 Å². The van der Waals surface area contributed by atoms with Gasteiger partial charge in [-0.3, -0.25) is 5.32 Å². The van der Waals surface area contributed by atoms with Crippen molar-refractivity contribution in [3.8, 4) is 17.2 Å². The van der Waals surface area contributed by atoms with E-state index in [0.717, 1.165) is 12.1 Å². The third kappa shape index (κ3) is 3.74. The molecule has 2 N–H and O–H groups in total. The van der Waals surface area contributed by atoms with E-state index in [4.69, 9.17) is 9.47 Å².